The van der Waals surface area contributed by atoms with Crippen LogP contribution >= 0.6 is 0 Å². The summed E-state index contributed by atoms with van der Waals surface area (Å²) in [4.78, 5) is 0. The van der Waals surface area contributed by atoms with E-state index in [9.17, 15) is 17.6 Å². The predicted molar refractivity (Wildman–Crippen MR) is 36.4 cm³/mol. The molecule has 1 nitrogen and oxygen atoms in total. The summed E-state index contributed by atoms with van der Waals surface area (Å²) in [5.74, 6) is -5.56. The van der Waals surface area contributed by atoms with Crippen molar-refractivity contribution in [3.05, 3.63) is 35.4 Å². The van der Waals surface area contributed by atoms with E-state index in [0.717, 1.165) is 0 Å². The van der Waals surface area contributed by atoms with Crippen molar-refractivity contribution in [1.82, 2.24) is 0 Å². The first-order valence-corrected chi connectivity index (χ1v) is 2.99. The lowest BCUT2D eigenvalue weighted by atomic mass is 10.3. The fourth-order valence-electron chi connectivity index (χ4n) is 0.498. The zero-order valence-electron chi connectivity index (χ0n) is 6.24. The number of nitrogens with two attached hydrogens (primary N) is 1. The van der Waals surface area contributed by atoms with Crippen LogP contribution < -0.4 is 5.73 Å². The number of benzene rings is 1. The van der Waals surface area contributed by atoms with Crippen LogP contribution in [0.2, 0.25) is 0 Å². The molecular weight excluding hydrogens is 174 g/mol. The Morgan fingerprint density at radius 2 is 0.917 bits per heavy atom. The molecule has 1 rings (SSSR count). The van der Waals surface area contributed by atoms with Crippen molar-refractivity contribution in [2.45, 2.75) is 0 Å². The van der Waals surface area contributed by atoms with E-state index in [4.69, 9.17) is 0 Å². The Kier molecular flexibility index (Phi) is 4.28. The molecule has 0 saturated carbocycles. The van der Waals surface area contributed by atoms with Crippen LogP contribution in [0.4, 0.5) is 17.6 Å². The molecule has 0 spiro atoms. The van der Waals surface area contributed by atoms with Gasteiger partial charge in [0.1, 0.15) is 0 Å². The van der Waals surface area contributed by atoms with Gasteiger partial charge in [-0.3, -0.25) is 0 Å². The third kappa shape index (κ3) is 2.50. The third-order valence-electron chi connectivity index (χ3n) is 0.963. The van der Waals surface area contributed by atoms with E-state index in [1.54, 1.807) is 0 Å². The van der Waals surface area contributed by atoms with Crippen LogP contribution in [-0.2, 0) is 0 Å². The average Bonchev–Trinajstić information content (AvgIpc) is 2.05. The van der Waals surface area contributed by atoms with Gasteiger partial charge in [0, 0.05) is 12.1 Å². The molecule has 68 valence electrons. The molecule has 0 heterocycles. The Morgan fingerprint density at radius 3 is 1.08 bits per heavy atom. The standard InChI is InChI=1S/C6H2F4.CH5N/c7-3-1-4(8)6(10)2-5(3)9;1-2/h1-2H;2H2,1H3. The molecule has 0 amide bonds. The molecule has 1 aromatic carbocycles. The maximum atomic E-state index is 12.0. The minimum absolute atomic E-state index is 0.157. The minimum atomic E-state index is -1.39. The van der Waals surface area contributed by atoms with Gasteiger partial charge in [0.2, 0.25) is 0 Å². The van der Waals surface area contributed by atoms with Gasteiger partial charge in [0.05, 0.1) is 0 Å². The monoisotopic (exact) mass is 181 g/mol. The van der Waals surface area contributed by atoms with E-state index in [1.807, 2.05) is 0 Å². The molecule has 0 unspecified atom stereocenters. The molecular formula is C7H7F4N. The molecule has 0 radical (unpaired) electrons. The van der Waals surface area contributed by atoms with Gasteiger partial charge in [-0.25, -0.2) is 17.6 Å². The van der Waals surface area contributed by atoms with Gasteiger partial charge in [0.15, 0.2) is 23.3 Å². The highest BCUT2D eigenvalue weighted by atomic mass is 19.2. The second-order valence-corrected chi connectivity index (χ2v) is 1.68. The first-order chi connectivity index (χ1) is 5.61. The van der Waals surface area contributed by atoms with Gasteiger partial charge in [0.25, 0.3) is 0 Å². The lowest BCUT2D eigenvalue weighted by molar-refractivity contribution is 0.454. The normalized spacial score (nSPS) is 8.83. The van der Waals surface area contributed by atoms with Crippen LogP contribution in [0.15, 0.2) is 12.1 Å². The zero-order valence-corrected chi connectivity index (χ0v) is 6.24. The van der Waals surface area contributed by atoms with Crippen molar-refractivity contribution in [2.75, 3.05) is 7.05 Å². The van der Waals surface area contributed by atoms with Crippen molar-refractivity contribution >= 4 is 0 Å². The third-order valence-corrected chi connectivity index (χ3v) is 0.963. The van der Waals surface area contributed by atoms with E-state index in [0.29, 0.717) is 0 Å². The molecule has 0 aliphatic rings. The molecule has 0 bridgehead atoms. The second-order valence-electron chi connectivity index (χ2n) is 1.68. The Morgan fingerprint density at radius 1 is 0.750 bits per heavy atom. The number of rotatable bonds is 0. The average molecular weight is 181 g/mol. The summed E-state index contributed by atoms with van der Waals surface area (Å²) in [6.07, 6.45) is 0. The highest BCUT2D eigenvalue weighted by Gasteiger charge is 2.07. The fourth-order valence-corrected chi connectivity index (χ4v) is 0.498. The summed E-state index contributed by atoms with van der Waals surface area (Å²) >= 11 is 0. The largest absolute Gasteiger partial charge is 0.333 e. The Balaban J connectivity index is 0.000000561. The zero-order chi connectivity index (χ0) is 9.72. The van der Waals surface area contributed by atoms with Gasteiger partial charge in [-0.05, 0) is 7.05 Å². The van der Waals surface area contributed by atoms with Crippen LogP contribution in [-0.4, -0.2) is 7.05 Å². The van der Waals surface area contributed by atoms with Crippen LogP contribution in [0, 0.1) is 23.3 Å². The van der Waals surface area contributed by atoms with Crippen molar-refractivity contribution in [3.8, 4) is 0 Å². The summed E-state index contributed by atoms with van der Waals surface area (Å²) in [6.45, 7) is 0. The molecule has 0 saturated heterocycles. The number of hydrogen-bond donors (Lipinski definition) is 1. The second kappa shape index (κ2) is 4.71. The Hall–Kier alpha value is -1.10. The molecule has 0 atom stereocenters. The number of hydrogen-bond acceptors (Lipinski definition) is 1. The highest BCUT2D eigenvalue weighted by Crippen LogP contribution is 2.11. The van der Waals surface area contributed by atoms with Crippen LogP contribution in [0.3, 0.4) is 0 Å². The van der Waals surface area contributed by atoms with E-state index in [1.165, 1.54) is 7.05 Å². The molecule has 0 aliphatic carbocycles. The van der Waals surface area contributed by atoms with Gasteiger partial charge in [-0.15, -0.1) is 0 Å². The van der Waals surface area contributed by atoms with Gasteiger partial charge < -0.3 is 5.73 Å². The highest BCUT2D eigenvalue weighted by molar-refractivity contribution is 5.10. The van der Waals surface area contributed by atoms with Crippen LogP contribution in [0.1, 0.15) is 0 Å². The SMILES string of the molecule is CN.Fc1cc(F)c(F)cc1F. The summed E-state index contributed by atoms with van der Waals surface area (Å²) in [6, 6.07) is 0.315. The summed E-state index contributed by atoms with van der Waals surface area (Å²) in [5, 5.41) is 0. The lowest BCUT2D eigenvalue weighted by Gasteiger charge is -1.92. The van der Waals surface area contributed by atoms with Crippen molar-refractivity contribution in [1.29, 1.82) is 0 Å². The molecule has 0 aromatic heterocycles. The Bertz CT molecular complexity index is 212. The van der Waals surface area contributed by atoms with Gasteiger partial charge in [-0.2, -0.15) is 0 Å². The molecule has 0 aliphatic heterocycles. The smallest absolute Gasteiger partial charge is 0.161 e. The molecule has 0 fully saturated rings. The topological polar surface area (TPSA) is 26.0 Å². The van der Waals surface area contributed by atoms with Crippen molar-refractivity contribution < 1.29 is 17.6 Å². The summed E-state index contributed by atoms with van der Waals surface area (Å²) < 4.78 is 47.9. The van der Waals surface area contributed by atoms with E-state index >= 15 is 0 Å². The molecule has 1 aromatic rings. The van der Waals surface area contributed by atoms with E-state index in [2.05, 4.69) is 5.73 Å². The quantitative estimate of drug-likeness (QED) is 0.479. The molecule has 2 N–H and O–H groups in total. The fraction of sp³-hybridized carbons (Fsp3) is 0.143. The first-order valence-electron chi connectivity index (χ1n) is 2.99. The van der Waals surface area contributed by atoms with Crippen molar-refractivity contribution in [3.63, 3.8) is 0 Å². The van der Waals surface area contributed by atoms with Crippen molar-refractivity contribution in [2.24, 2.45) is 5.73 Å². The molecule has 12 heavy (non-hydrogen) atoms. The lowest BCUT2D eigenvalue weighted by Crippen LogP contribution is -1.90. The minimum Gasteiger partial charge on any atom is -0.333 e. The molecule has 5 heteroatoms. The maximum Gasteiger partial charge on any atom is 0.161 e. The summed E-state index contributed by atoms with van der Waals surface area (Å²) in [5.41, 5.74) is 4.50. The van der Waals surface area contributed by atoms with Crippen LogP contribution in [0.25, 0.3) is 0 Å². The van der Waals surface area contributed by atoms with Gasteiger partial charge >= 0.3 is 0 Å². The van der Waals surface area contributed by atoms with E-state index in [-0.39, 0.29) is 12.1 Å². The maximum absolute atomic E-state index is 12.0. The van der Waals surface area contributed by atoms with E-state index < -0.39 is 23.3 Å². The first kappa shape index (κ1) is 10.9. The van der Waals surface area contributed by atoms with Crippen LogP contribution in [0.5, 0.6) is 0 Å². The Labute approximate surface area is 66.8 Å². The van der Waals surface area contributed by atoms with Gasteiger partial charge in [-0.1, -0.05) is 0 Å². The predicted octanol–water partition coefficient (Wildman–Crippen LogP) is 1.82. The number of halogens is 4. The summed E-state index contributed by atoms with van der Waals surface area (Å²) in [7, 11) is 1.50.